The van der Waals surface area contributed by atoms with Crippen LogP contribution in [0.5, 0.6) is 17.2 Å². The average Bonchev–Trinajstić information content (AvgIpc) is 3.32. The van der Waals surface area contributed by atoms with Crippen molar-refractivity contribution in [1.29, 1.82) is 0 Å². The van der Waals surface area contributed by atoms with E-state index >= 15 is 0 Å². The molecule has 2 aromatic heterocycles. The zero-order valence-electron chi connectivity index (χ0n) is 19.8. The number of halogens is 1. The molecule has 0 fully saturated rings. The van der Waals surface area contributed by atoms with Gasteiger partial charge in [0.05, 0.1) is 47.8 Å². The van der Waals surface area contributed by atoms with Crippen LogP contribution in [0.3, 0.4) is 0 Å². The summed E-state index contributed by atoms with van der Waals surface area (Å²) in [6.45, 7) is 2.36. The second-order valence-corrected chi connectivity index (χ2v) is 8.62. The van der Waals surface area contributed by atoms with Crippen LogP contribution >= 0.6 is 15.9 Å². The van der Waals surface area contributed by atoms with Crippen molar-refractivity contribution < 1.29 is 18.6 Å². The Morgan fingerprint density at radius 2 is 1.86 bits per heavy atom. The lowest BCUT2D eigenvalue weighted by molar-refractivity contribution is 0.310. The Labute approximate surface area is 214 Å². The Morgan fingerprint density at radius 3 is 2.64 bits per heavy atom. The van der Waals surface area contributed by atoms with Crippen LogP contribution in [0.2, 0.25) is 0 Å². The second kappa shape index (κ2) is 9.87. The van der Waals surface area contributed by atoms with Gasteiger partial charge in [0.25, 0.3) is 5.56 Å². The topological polar surface area (TPSA) is 88.1 Å². The van der Waals surface area contributed by atoms with Gasteiger partial charge in [-0.25, -0.2) is 4.98 Å². The van der Waals surface area contributed by atoms with Gasteiger partial charge in [0, 0.05) is 0 Å². The maximum absolute atomic E-state index is 13.5. The minimum Gasteiger partial charge on any atom is -0.496 e. The minimum absolute atomic E-state index is 0.269. The first-order valence-electron chi connectivity index (χ1n) is 11.2. The molecule has 0 unspecified atom stereocenters. The number of furan rings is 1. The summed E-state index contributed by atoms with van der Waals surface area (Å²) in [4.78, 5) is 18.2. The summed E-state index contributed by atoms with van der Waals surface area (Å²) in [5, 5.41) is 5.74. The highest BCUT2D eigenvalue weighted by atomic mass is 79.9. The van der Waals surface area contributed by atoms with Crippen molar-refractivity contribution in [1.82, 2.24) is 9.66 Å². The number of fused-ring (bicyclic) bond motifs is 2. The van der Waals surface area contributed by atoms with Gasteiger partial charge < -0.3 is 18.6 Å². The van der Waals surface area contributed by atoms with E-state index in [4.69, 9.17) is 23.6 Å². The van der Waals surface area contributed by atoms with E-state index in [1.807, 2.05) is 37.3 Å². The van der Waals surface area contributed by atoms with Crippen molar-refractivity contribution in [3.63, 3.8) is 0 Å². The number of benzene rings is 3. The van der Waals surface area contributed by atoms with Crippen LogP contribution in [0.25, 0.3) is 33.5 Å². The van der Waals surface area contributed by atoms with Crippen LogP contribution in [0.1, 0.15) is 12.5 Å². The lowest BCUT2D eigenvalue weighted by atomic mass is 10.2. The van der Waals surface area contributed by atoms with Crippen molar-refractivity contribution in [3.05, 3.63) is 81.1 Å². The maximum Gasteiger partial charge on any atom is 0.282 e. The molecule has 9 heteroatoms. The average molecular weight is 548 g/mol. The fourth-order valence-corrected chi connectivity index (χ4v) is 4.58. The monoisotopic (exact) mass is 547 g/mol. The second-order valence-electron chi connectivity index (χ2n) is 7.76. The van der Waals surface area contributed by atoms with Gasteiger partial charge in [-0.15, -0.1) is 0 Å². The number of nitrogens with zero attached hydrogens (tertiary/aromatic N) is 3. The van der Waals surface area contributed by atoms with E-state index in [9.17, 15) is 4.79 Å². The zero-order valence-corrected chi connectivity index (χ0v) is 21.4. The molecule has 36 heavy (non-hydrogen) atoms. The van der Waals surface area contributed by atoms with E-state index in [-0.39, 0.29) is 11.4 Å². The number of para-hydroxylation sites is 1. The molecule has 0 saturated heterocycles. The third kappa shape index (κ3) is 4.22. The van der Waals surface area contributed by atoms with Gasteiger partial charge >= 0.3 is 0 Å². The van der Waals surface area contributed by atoms with Gasteiger partial charge in [-0.2, -0.15) is 9.78 Å². The molecule has 8 nitrogen and oxygen atoms in total. The van der Waals surface area contributed by atoms with Crippen molar-refractivity contribution in [2.24, 2.45) is 5.10 Å². The summed E-state index contributed by atoms with van der Waals surface area (Å²) in [7, 11) is 3.17. The maximum atomic E-state index is 13.5. The fourth-order valence-electron chi connectivity index (χ4n) is 3.96. The SMILES string of the molecule is CCOc1cc(C=Nn2c(-c3cc4c(OC)cccc4o3)nc3ccccc3c2=O)cc(Br)c1OC. The molecule has 0 aliphatic carbocycles. The summed E-state index contributed by atoms with van der Waals surface area (Å²) < 4.78 is 24.6. The van der Waals surface area contributed by atoms with Gasteiger partial charge in [0.2, 0.25) is 5.82 Å². The van der Waals surface area contributed by atoms with Crippen LogP contribution in [0.15, 0.2) is 79.4 Å². The normalized spacial score (nSPS) is 11.4. The molecular weight excluding hydrogens is 526 g/mol. The predicted molar refractivity (Wildman–Crippen MR) is 143 cm³/mol. The predicted octanol–water partition coefficient (Wildman–Crippen LogP) is 5.87. The summed E-state index contributed by atoms with van der Waals surface area (Å²) in [5.74, 6) is 2.46. The van der Waals surface area contributed by atoms with Crippen LogP contribution < -0.4 is 19.8 Å². The van der Waals surface area contributed by atoms with Crippen molar-refractivity contribution in [2.75, 3.05) is 20.8 Å². The first-order chi connectivity index (χ1) is 17.5. The molecule has 0 spiro atoms. The van der Waals surface area contributed by atoms with Gasteiger partial charge in [0.1, 0.15) is 11.3 Å². The number of rotatable bonds is 7. The molecule has 0 aliphatic rings. The number of hydrogen-bond acceptors (Lipinski definition) is 7. The van der Waals surface area contributed by atoms with Crippen LogP contribution in [0.4, 0.5) is 0 Å². The standard InChI is InChI=1S/C27H22BrN3O5/c1-4-35-23-13-16(12-19(28)25(23)34-3)15-29-31-26(30-20-9-6-5-8-17(20)27(31)32)24-14-18-21(33-2)10-7-11-22(18)36-24/h5-15H,4H2,1-3H3. The van der Waals surface area contributed by atoms with Gasteiger partial charge in [0.15, 0.2) is 17.3 Å². The Bertz CT molecular complexity index is 1670. The molecule has 0 aliphatic heterocycles. The number of aromatic nitrogens is 2. The highest BCUT2D eigenvalue weighted by Gasteiger charge is 2.18. The zero-order chi connectivity index (χ0) is 25.2. The van der Waals surface area contributed by atoms with Crippen molar-refractivity contribution >= 4 is 44.0 Å². The van der Waals surface area contributed by atoms with Gasteiger partial charge in [-0.05, 0) is 70.9 Å². The molecule has 5 aromatic rings. The Morgan fingerprint density at radius 1 is 1.03 bits per heavy atom. The quantitative estimate of drug-likeness (QED) is 0.237. The third-order valence-corrected chi connectivity index (χ3v) is 6.16. The Balaban J connectivity index is 1.70. The molecule has 0 N–H and O–H groups in total. The van der Waals surface area contributed by atoms with E-state index in [0.717, 1.165) is 5.39 Å². The Kier molecular flexibility index (Phi) is 6.47. The lowest BCUT2D eigenvalue weighted by Crippen LogP contribution is -2.20. The molecule has 3 aromatic carbocycles. The smallest absolute Gasteiger partial charge is 0.282 e. The van der Waals surface area contributed by atoms with Crippen LogP contribution in [-0.2, 0) is 0 Å². The Hall–Kier alpha value is -4.11. The molecular formula is C27H22BrN3O5. The number of hydrogen-bond donors (Lipinski definition) is 0. The molecule has 0 atom stereocenters. The number of ether oxygens (including phenoxy) is 3. The van der Waals surface area contributed by atoms with Crippen molar-refractivity contribution in [2.45, 2.75) is 6.92 Å². The highest BCUT2D eigenvalue weighted by molar-refractivity contribution is 9.10. The molecule has 0 saturated carbocycles. The molecule has 5 rings (SSSR count). The molecule has 0 bridgehead atoms. The summed E-state index contributed by atoms with van der Waals surface area (Å²) in [5.41, 5.74) is 1.53. The molecule has 2 heterocycles. The van der Waals surface area contributed by atoms with E-state index in [0.29, 0.717) is 56.1 Å². The largest absolute Gasteiger partial charge is 0.496 e. The summed E-state index contributed by atoms with van der Waals surface area (Å²) >= 11 is 3.51. The minimum atomic E-state index is -0.322. The summed E-state index contributed by atoms with van der Waals surface area (Å²) in [6.07, 6.45) is 1.57. The van der Waals surface area contributed by atoms with Crippen molar-refractivity contribution in [3.8, 4) is 28.8 Å². The van der Waals surface area contributed by atoms with Gasteiger partial charge in [-0.3, -0.25) is 4.79 Å². The van der Waals surface area contributed by atoms with E-state index in [1.54, 1.807) is 50.8 Å². The molecule has 0 amide bonds. The van der Waals surface area contributed by atoms with Crippen LogP contribution in [-0.4, -0.2) is 36.7 Å². The highest BCUT2D eigenvalue weighted by Crippen LogP contribution is 2.36. The lowest BCUT2D eigenvalue weighted by Gasteiger charge is -2.12. The van der Waals surface area contributed by atoms with E-state index in [1.165, 1.54) is 4.68 Å². The van der Waals surface area contributed by atoms with Gasteiger partial charge in [-0.1, -0.05) is 18.2 Å². The first kappa shape index (κ1) is 23.6. The fraction of sp³-hybridized carbons (Fsp3) is 0.148. The first-order valence-corrected chi connectivity index (χ1v) is 12.0. The van der Waals surface area contributed by atoms with Crippen LogP contribution in [0, 0.1) is 0 Å². The number of methoxy groups -OCH3 is 2. The molecule has 0 radical (unpaired) electrons. The third-order valence-electron chi connectivity index (χ3n) is 5.57. The van der Waals surface area contributed by atoms with E-state index in [2.05, 4.69) is 21.0 Å². The molecule has 182 valence electrons. The summed E-state index contributed by atoms with van der Waals surface area (Å²) in [6, 6.07) is 18.1. The van der Waals surface area contributed by atoms with E-state index < -0.39 is 0 Å².